The molecule has 0 aliphatic rings. The molecule has 0 spiro atoms. The lowest BCUT2D eigenvalue weighted by atomic mass is 9.98. The Labute approximate surface area is 691 Å². The molecule has 0 bridgehead atoms. The van der Waals surface area contributed by atoms with Gasteiger partial charge in [-0.3, -0.25) is 14.4 Å². The summed E-state index contributed by atoms with van der Waals surface area (Å²) >= 11 is 49.1. The van der Waals surface area contributed by atoms with Gasteiger partial charge in [0, 0.05) is 96.3 Å². The molecule has 12 nitrogen and oxygen atoms in total. The first-order valence-corrected chi connectivity index (χ1v) is 38.7. The van der Waals surface area contributed by atoms with E-state index in [1.807, 2.05) is 127 Å². The monoisotopic (exact) mass is 1660 g/mol. The number of ether oxygens (including phenoxy) is 4. The van der Waals surface area contributed by atoms with Crippen LogP contribution < -0.4 is 18.9 Å². The number of aromatic amines is 4. The molecule has 0 atom stereocenters. The maximum atomic E-state index is 13.8. The molecule has 0 amide bonds. The van der Waals surface area contributed by atoms with Crippen LogP contribution in [0.15, 0.2) is 243 Å². The van der Waals surface area contributed by atoms with Crippen LogP contribution in [-0.4, -0.2) is 42.3 Å². The summed E-state index contributed by atoms with van der Waals surface area (Å²) in [6.45, 7) is 11.8. The van der Waals surface area contributed by atoms with Crippen molar-refractivity contribution in [1.82, 2.24) is 24.9 Å². The molecular weight excluding hydrogens is 1590 g/mol. The van der Waals surface area contributed by atoms with Crippen molar-refractivity contribution in [2.75, 3.05) is 0 Å². The van der Waals surface area contributed by atoms with Gasteiger partial charge in [0.15, 0.2) is 17.3 Å². The molecule has 4 heterocycles. The molecule has 16 rings (SSSR count). The first kappa shape index (κ1) is 80.2. The number of halogens is 9. The van der Waals surface area contributed by atoms with E-state index in [0.29, 0.717) is 115 Å². The molecule has 0 saturated heterocycles. The van der Waals surface area contributed by atoms with Gasteiger partial charge in [0.25, 0.3) is 0 Å². The van der Waals surface area contributed by atoms with E-state index in [-0.39, 0.29) is 42.4 Å². The molecule has 4 aromatic heterocycles. The van der Waals surface area contributed by atoms with Gasteiger partial charge in [-0.1, -0.05) is 117 Å². The van der Waals surface area contributed by atoms with Crippen molar-refractivity contribution in [1.29, 1.82) is 0 Å². The van der Waals surface area contributed by atoms with Crippen molar-refractivity contribution in [3.05, 3.63) is 367 Å². The van der Waals surface area contributed by atoms with Crippen LogP contribution in [0.1, 0.15) is 92.5 Å². The Bertz CT molecular complexity index is 6100. The number of benzene rings is 12. The molecule has 12 aromatic carbocycles. The summed E-state index contributed by atoms with van der Waals surface area (Å²) < 4.78 is 37.0. The fourth-order valence-electron chi connectivity index (χ4n) is 13.0. The number of aryl methyl sites for hydroxylation is 6. The highest BCUT2D eigenvalue weighted by molar-refractivity contribution is 6.34. The highest BCUT2D eigenvalue weighted by Gasteiger charge is 2.21. The van der Waals surface area contributed by atoms with E-state index >= 15 is 0 Å². The van der Waals surface area contributed by atoms with Crippen LogP contribution >= 0.6 is 92.8 Å². The Morgan fingerprint density at radius 3 is 1.23 bits per heavy atom. The molecule has 113 heavy (non-hydrogen) atoms. The predicted octanol–water partition coefficient (Wildman–Crippen LogP) is 28.3. The van der Waals surface area contributed by atoms with E-state index in [1.165, 1.54) is 6.07 Å². The first-order chi connectivity index (χ1) is 54.3. The first-order valence-electron chi connectivity index (χ1n) is 35.6. The lowest BCUT2D eigenvalue weighted by Gasteiger charge is -2.10. The van der Waals surface area contributed by atoms with E-state index in [0.717, 1.165) is 99.7 Å². The minimum atomic E-state index is -0.231. The summed E-state index contributed by atoms with van der Waals surface area (Å²) in [6.07, 6.45) is 7.09. The maximum absolute atomic E-state index is 13.8. The van der Waals surface area contributed by atoms with Crippen LogP contribution in [0.4, 0.5) is 4.39 Å². The number of ketones is 3. The van der Waals surface area contributed by atoms with Gasteiger partial charge in [-0.15, -0.1) is 0 Å². The molecule has 0 aliphatic heterocycles. The van der Waals surface area contributed by atoms with E-state index < -0.39 is 0 Å². The highest BCUT2D eigenvalue weighted by Crippen LogP contribution is 2.38. The third-order valence-electron chi connectivity index (χ3n) is 18.4. The Morgan fingerprint density at radius 2 is 0.770 bits per heavy atom. The Morgan fingerprint density at radius 1 is 0.372 bits per heavy atom. The van der Waals surface area contributed by atoms with Gasteiger partial charge in [-0.25, -0.2) is 9.37 Å². The number of nitrogens with one attached hydrogen (secondary N) is 4. The molecule has 16 aromatic rings. The number of Topliss-reactive ketones (excluding diaryl/α,β-unsaturated/α-hetero) is 3. The van der Waals surface area contributed by atoms with Crippen LogP contribution in [0.3, 0.4) is 0 Å². The zero-order valence-corrected chi connectivity index (χ0v) is 67.7. The number of carbonyl (C=O) groups is 3. The van der Waals surface area contributed by atoms with Crippen LogP contribution in [0.5, 0.6) is 46.0 Å². The Hall–Kier alpha value is -10.8. The lowest BCUT2D eigenvalue weighted by Crippen LogP contribution is -2.05. The minimum Gasteiger partial charge on any atom is -0.456 e. The quantitative estimate of drug-likeness (QED) is 0.0581. The molecule has 4 N–H and O–H groups in total. The molecule has 21 heteroatoms. The summed E-state index contributed by atoms with van der Waals surface area (Å²) in [4.78, 5) is 56.1. The molecule has 0 aliphatic carbocycles. The summed E-state index contributed by atoms with van der Waals surface area (Å²) in [5.41, 5.74) is 15.9. The molecular formula is C92H70Cl8FN5O7. The molecule has 0 saturated carbocycles. The average molecular weight is 1660 g/mol. The topological polar surface area (TPSA) is 164 Å². The van der Waals surface area contributed by atoms with Crippen molar-refractivity contribution in [2.45, 2.75) is 67.2 Å². The van der Waals surface area contributed by atoms with Gasteiger partial charge in [0.05, 0.1) is 42.2 Å². The number of H-pyrrole nitrogens is 4. The number of nitrogens with zero attached hydrogens (tertiary/aromatic N) is 1. The lowest BCUT2D eigenvalue weighted by molar-refractivity contribution is 0.0986. The SMILES string of the molecule is Cc1cc(C(=O)Cc2ccc(Oc3ccc(Cl)cc3)c(Cl)c2)c2[nH]cc(C)c2c1.Cc1cc(C(=O)Cc2ccc(Oc3ccc(Cl)cc3)c(Cl)c2)c2[nH]ccc2c1.Cc1cc(C(=O)Cc2ccc(Oc3ccc(Cl)cc3)c(Cl)c2)c2nc(C)[nH]c2c1.Cc1cc(F)cc2c(Cc3ccc(Oc4ccc(Cl)cc4)c(Cl)c3)c[nH]c12. The Balaban J connectivity index is 0.000000132. The largest absolute Gasteiger partial charge is 0.456 e. The standard InChI is InChI=1S/C24H19Cl2NO2.C23H18Cl2N2O2.C23H17Cl2NO2.C22H16Cl2FNO/c1-14-9-19-15(2)13-27-24(19)20(10-14)22(28)12-16-3-8-23(21(26)11-16)29-18-6-4-17(25)5-7-18;1-13-9-18(23-20(10-13)26-14(2)27-23)21(28)12-15-3-8-22(19(25)11-15)29-17-6-4-16(24)5-7-17;1-14-10-16-8-9-26-23(16)19(11-14)21(27)13-15-2-7-22(20(25)12-15)28-18-5-3-17(24)4-6-18;1-13-8-17(25)11-19-15(12-26-22(13)19)9-14-2-7-21(20(24)10-14)27-18-5-3-16(23)4-6-18/h3-11,13,27H,12H2,1-2H3;3-11H,12H2,1-2H3,(H,26,27);2-12,26H,13H2,1H3;2-8,10-12,26H,9H2,1H3. The van der Waals surface area contributed by atoms with E-state index in [4.69, 9.17) is 112 Å². The van der Waals surface area contributed by atoms with Gasteiger partial charge < -0.3 is 38.9 Å². The zero-order valence-electron chi connectivity index (χ0n) is 61.6. The smallest absolute Gasteiger partial charge is 0.169 e. The number of imidazole rings is 1. The minimum absolute atomic E-state index is 0.00682. The number of carbonyl (C=O) groups excluding carboxylic acids is 3. The molecule has 568 valence electrons. The summed E-state index contributed by atoms with van der Waals surface area (Å²) in [5, 5.41) is 7.43. The average Bonchev–Trinajstić information content (AvgIpc) is 1.60. The summed E-state index contributed by atoms with van der Waals surface area (Å²) in [5.74, 6) is 5.37. The van der Waals surface area contributed by atoms with Crippen LogP contribution in [0.25, 0.3) is 43.7 Å². The van der Waals surface area contributed by atoms with E-state index in [9.17, 15) is 18.8 Å². The summed E-state index contributed by atoms with van der Waals surface area (Å²) in [7, 11) is 0. The fourth-order valence-corrected chi connectivity index (χ4v) is 14.4. The third kappa shape index (κ3) is 20.3. The second-order valence-electron chi connectivity index (χ2n) is 27.2. The van der Waals surface area contributed by atoms with Gasteiger partial charge in [0.1, 0.15) is 57.6 Å². The molecule has 0 radical (unpaired) electrons. The van der Waals surface area contributed by atoms with E-state index in [2.05, 4.69) is 37.1 Å². The maximum Gasteiger partial charge on any atom is 0.169 e. The van der Waals surface area contributed by atoms with Crippen LogP contribution in [0, 0.1) is 47.4 Å². The van der Waals surface area contributed by atoms with Crippen LogP contribution in [-0.2, 0) is 25.7 Å². The fraction of sp³-hybridized carbons (Fsp3) is 0.109. The Kier molecular flexibility index (Phi) is 25.5. The van der Waals surface area contributed by atoms with Gasteiger partial charge >= 0.3 is 0 Å². The zero-order chi connectivity index (χ0) is 79.7. The number of aromatic nitrogens is 5. The van der Waals surface area contributed by atoms with Gasteiger partial charge in [0.2, 0.25) is 0 Å². The van der Waals surface area contributed by atoms with Crippen LogP contribution in [0.2, 0.25) is 40.2 Å². The number of fused-ring (bicyclic) bond motifs is 4. The van der Waals surface area contributed by atoms with Crippen molar-refractivity contribution in [3.8, 4) is 46.0 Å². The van der Waals surface area contributed by atoms with E-state index in [1.54, 1.807) is 140 Å². The third-order valence-corrected chi connectivity index (χ3v) is 20.6. The van der Waals surface area contributed by atoms with Gasteiger partial charge in [-0.05, 0) is 304 Å². The van der Waals surface area contributed by atoms with Gasteiger partial charge in [-0.2, -0.15) is 0 Å². The molecule has 0 unspecified atom stereocenters. The second-order valence-corrected chi connectivity index (χ2v) is 30.6. The number of hydrogen-bond donors (Lipinski definition) is 4. The summed E-state index contributed by atoms with van der Waals surface area (Å²) in [6, 6.07) is 67.0. The van der Waals surface area contributed by atoms with Crippen molar-refractivity contribution in [2.24, 2.45) is 0 Å². The second kappa shape index (κ2) is 35.9. The van der Waals surface area contributed by atoms with Crippen molar-refractivity contribution < 1.29 is 37.7 Å². The number of hydrogen-bond acceptors (Lipinski definition) is 8. The van der Waals surface area contributed by atoms with Crippen molar-refractivity contribution in [3.63, 3.8) is 0 Å². The number of rotatable bonds is 19. The van der Waals surface area contributed by atoms with Crippen molar-refractivity contribution >= 4 is 154 Å². The molecule has 0 fully saturated rings. The normalized spacial score (nSPS) is 11.0. The highest BCUT2D eigenvalue weighted by atomic mass is 35.5. The predicted molar refractivity (Wildman–Crippen MR) is 458 cm³/mol.